The van der Waals surface area contributed by atoms with Crippen molar-refractivity contribution in [1.29, 1.82) is 0 Å². The molecule has 0 fully saturated rings. The average Bonchev–Trinajstić information content (AvgIpc) is 2.67. The Morgan fingerprint density at radius 3 is 2.44 bits per heavy atom. The lowest BCUT2D eigenvalue weighted by Gasteiger charge is -2.17. The Balaban J connectivity index is 1.89. The van der Waals surface area contributed by atoms with Gasteiger partial charge < -0.3 is 21.1 Å². The molecule has 0 aliphatic rings. The van der Waals surface area contributed by atoms with Gasteiger partial charge in [-0.05, 0) is 42.8 Å². The maximum atomic E-state index is 11.1. The van der Waals surface area contributed by atoms with E-state index in [2.05, 4.69) is 25.9 Å². The van der Waals surface area contributed by atoms with Gasteiger partial charge in [0.1, 0.15) is 5.82 Å². The summed E-state index contributed by atoms with van der Waals surface area (Å²) in [7, 11) is 0. The van der Waals surface area contributed by atoms with Crippen LogP contribution >= 0.6 is 0 Å². The first-order valence-corrected chi connectivity index (χ1v) is 8.88. The van der Waals surface area contributed by atoms with Gasteiger partial charge in [-0.1, -0.05) is 19.1 Å². The van der Waals surface area contributed by atoms with Crippen LogP contribution in [-0.4, -0.2) is 33.6 Å². The van der Waals surface area contributed by atoms with Crippen molar-refractivity contribution < 1.29 is 9.90 Å². The molecule has 0 radical (unpaired) electrons. The van der Waals surface area contributed by atoms with E-state index in [-0.39, 0.29) is 18.6 Å². The van der Waals surface area contributed by atoms with Gasteiger partial charge in [-0.25, -0.2) is 4.98 Å². The van der Waals surface area contributed by atoms with E-state index in [9.17, 15) is 9.90 Å². The van der Waals surface area contributed by atoms with Gasteiger partial charge in [-0.2, -0.15) is 4.98 Å². The van der Waals surface area contributed by atoms with Gasteiger partial charge in [0.05, 0.1) is 18.2 Å². The van der Waals surface area contributed by atoms with Gasteiger partial charge in [-0.15, -0.1) is 0 Å². The Kier molecular flexibility index (Phi) is 5.83. The molecule has 1 unspecified atom stereocenters. The third-order valence-electron chi connectivity index (χ3n) is 4.12. The van der Waals surface area contributed by atoms with E-state index in [1.54, 1.807) is 0 Å². The van der Waals surface area contributed by atoms with Crippen LogP contribution in [0, 0.1) is 0 Å². The first-order chi connectivity index (χ1) is 13.1. The molecule has 0 saturated carbocycles. The SMILES string of the molecule is CCC(CO)Nc1nc(Nc2ccc(NC(C)=O)cc2)nc2ccccc12. The Bertz CT molecular complexity index is 923. The van der Waals surface area contributed by atoms with E-state index in [4.69, 9.17) is 0 Å². The van der Waals surface area contributed by atoms with Crippen molar-refractivity contribution in [3.05, 3.63) is 48.5 Å². The lowest BCUT2D eigenvalue weighted by atomic mass is 10.2. The van der Waals surface area contributed by atoms with Crippen molar-refractivity contribution >= 4 is 40.0 Å². The number of hydrogen-bond donors (Lipinski definition) is 4. The molecule has 0 aliphatic heterocycles. The third kappa shape index (κ3) is 4.71. The van der Waals surface area contributed by atoms with E-state index in [0.717, 1.165) is 28.7 Å². The van der Waals surface area contributed by atoms with Crippen LogP contribution in [0.4, 0.5) is 23.1 Å². The Morgan fingerprint density at radius 2 is 1.78 bits per heavy atom. The summed E-state index contributed by atoms with van der Waals surface area (Å²) < 4.78 is 0. The first-order valence-electron chi connectivity index (χ1n) is 8.88. The fourth-order valence-electron chi connectivity index (χ4n) is 2.68. The highest BCUT2D eigenvalue weighted by Crippen LogP contribution is 2.25. The number of benzene rings is 2. The highest BCUT2D eigenvalue weighted by atomic mass is 16.3. The maximum Gasteiger partial charge on any atom is 0.229 e. The summed E-state index contributed by atoms with van der Waals surface area (Å²) in [6, 6.07) is 15.0. The molecule has 3 aromatic rings. The number of carbonyl (C=O) groups excluding carboxylic acids is 1. The summed E-state index contributed by atoms with van der Waals surface area (Å²) in [5.74, 6) is 1.02. The number of aromatic nitrogens is 2. The summed E-state index contributed by atoms with van der Waals surface area (Å²) in [6.45, 7) is 3.51. The monoisotopic (exact) mass is 365 g/mol. The minimum Gasteiger partial charge on any atom is -0.394 e. The number of anilines is 4. The quantitative estimate of drug-likeness (QED) is 0.511. The number of fused-ring (bicyclic) bond motifs is 1. The van der Waals surface area contributed by atoms with Crippen molar-refractivity contribution in [2.45, 2.75) is 26.3 Å². The second kappa shape index (κ2) is 8.46. The smallest absolute Gasteiger partial charge is 0.229 e. The number of rotatable bonds is 7. The molecule has 1 atom stereocenters. The largest absolute Gasteiger partial charge is 0.394 e. The number of nitrogens with zero attached hydrogens (tertiary/aromatic N) is 2. The standard InChI is InChI=1S/C20H23N5O2/c1-3-14(12-26)22-19-17-6-4-5-7-18(17)24-20(25-19)23-16-10-8-15(9-11-16)21-13(2)27/h4-11,14,26H,3,12H2,1-2H3,(H,21,27)(H2,22,23,24,25). The summed E-state index contributed by atoms with van der Waals surface area (Å²) in [4.78, 5) is 20.3. The molecule has 0 aliphatic carbocycles. The van der Waals surface area contributed by atoms with E-state index in [1.807, 2.05) is 55.5 Å². The molecule has 1 amide bonds. The average molecular weight is 365 g/mol. The molecule has 27 heavy (non-hydrogen) atoms. The molecule has 1 heterocycles. The fraction of sp³-hybridized carbons (Fsp3) is 0.250. The van der Waals surface area contributed by atoms with Crippen LogP contribution in [0.3, 0.4) is 0 Å². The third-order valence-corrected chi connectivity index (χ3v) is 4.12. The van der Waals surface area contributed by atoms with Gasteiger partial charge in [0, 0.05) is 23.7 Å². The van der Waals surface area contributed by atoms with Crippen molar-refractivity contribution in [2.75, 3.05) is 22.6 Å². The molecule has 7 nitrogen and oxygen atoms in total. The zero-order valence-corrected chi connectivity index (χ0v) is 15.4. The predicted octanol–water partition coefficient (Wildman–Crippen LogP) is 3.51. The lowest BCUT2D eigenvalue weighted by molar-refractivity contribution is -0.114. The number of aliphatic hydroxyl groups excluding tert-OH is 1. The number of hydrogen-bond acceptors (Lipinski definition) is 6. The van der Waals surface area contributed by atoms with Gasteiger partial charge in [0.15, 0.2) is 0 Å². The molecule has 3 rings (SSSR count). The molecule has 0 spiro atoms. The Labute approximate surface area is 157 Å². The molecule has 4 N–H and O–H groups in total. The number of aliphatic hydroxyl groups is 1. The maximum absolute atomic E-state index is 11.1. The lowest BCUT2D eigenvalue weighted by Crippen LogP contribution is -2.23. The fourth-order valence-corrected chi connectivity index (χ4v) is 2.68. The van der Waals surface area contributed by atoms with Gasteiger partial charge >= 0.3 is 0 Å². The van der Waals surface area contributed by atoms with Crippen LogP contribution in [0.5, 0.6) is 0 Å². The van der Waals surface area contributed by atoms with Gasteiger partial charge in [0.2, 0.25) is 11.9 Å². The normalized spacial score (nSPS) is 11.8. The molecule has 2 aromatic carbocycles. The number of nitrogens with one attached hydrogen (secondary N) is 3. The summed E-state index contributed by atoms with van der Waals surface area (Å²) in [6.07, 6.45) is 0.780. The topological polar surface area (TPSA) is 99.2 Å². The Morgan fingerprint density at radius 1 is 1.07 bits per heavy atom. The van der Waals surface area contributed by atoms with Crippen molar-refractivity contribution in [3.63, 3.8) is 0 Å². The van der Waals surface area contributed by atoms with E-state index < -0.39 is 0 Å². The summed E-state index contributed by atoms with van der Waals surface area (Å²) >= 11 is 0. The number of para-hydroxylation sites is 1. The van der Waals surface area contributed by atoms with E-state index in [1.165, 1.54) is 6.92 Å². The Hall–Kier alpha value is -3.19. The molecule has 140 valence electrons. The second-order valence-corrected chi connectivity index (χ2v) is 6.23. The van der Waals surface area contributed by atoms with Gasteiger partial charge in [-0.3, -0.25) is 4.79 Å². The van der Waals surface area contributed by atoms with E-state index in [0.29, 0.717) is 11.8 Å². The van der Waals surface area contributed by atoms with Gasteiger partial charge in [0.25, 0.3) is 0 Å². The van der Waals surface area contributed by atoms with E-state index >= 15 is 0 Å². The number of carbonyl (C=O) groups is 1. The first kappa shape index (κ1) is 18.6. The zero-order chi connectivity index (χ0) is 19.2. The molecule has 0 saturated heterocycles. The molecule has 1 aromatic heterocycles. The van der Waals surface area contributed by atoms with Crippen molar-refractivity contribution in [1.82, 2.24) is 9.97 Å². The predicted molar refractivity (Wildman–Crippen MR) is 108 cm³/mol. The minimum atomic E-state index is -0.112. The molecule has 0 bridgehead atoms. The highest BCUT2D eigenvalue weighted by molar-refractivity contribution is 5.91. The van der Waals surface area contributed by atoms with Crippen LogP contribution in [-0.2, 0) is 4.79 Å². The molecular formula is C20H23N5O2. The van der Waals surface area contributed by atoms with Crippen LogP contribution in [0.1, 0.15) is 20.3 Å². The molecular weight excluding hydrogens is 342 g/mol. The summed E-state index contributed by atoms with van der Waals surface area (Å²) in [5, 5.41) is 19.6. The van der Waals surface area contributed by atoms with Crippen LogP contribution in [0.15, 0.2) is 48.5 Å². The van der Waals surface area contributed by atoms with Crippen LogP contribution in [0.25, 0.3) is 10.9 Å². The van der Waals surface area contributed by atoms with Crippen molar-refractivity contribution in [2.24, 2.45) is 0 Å². The zero-order valence-electron chi connectivity index (χ0n) is 15.4. The highest BCUT2D eigenvalue weighted by Gasteiger charge is 2.11. The minimum absolute atomic E-state index is 0.0300. The van der Waals surface area contributed by atoms with Crippen molar-refractivity contribution in [3.8, 4) is 0 Å². The number of amides is 1. The second-order valence-electron chi connectivity index (χ2n) is 6.23. The van der Waals surface area contributed by atoms with Crippen LogP contribution in [0.2, 0.25) is 0 Å². The van der Waals surface area contributed by atoms with Crippen LogP contribution < -0.4 is 16.0 Å². The summed E-state index contributed by atoms with van der Waals surface area (Å²) in [5.41, 5.74) is 2.34. The molecule has 7 heteroatoms.